The Morgan fingerprint density at radius 1 is 1.26 bits per heavy atom. The molecule has 0 saturated heterocycles. The van der Waals surface area contributed by atoms with Gasteiger partial charge in [0.05, 0.1) is 0 Å². The van der Waals surface area contributed by atoms with E-state index in [4.69, 9.17) is 11.6 Å². The molecule has 1 heterocycles. The van der Waals surface area contributed by atoms with E-state index in [1.807, 2.05) is 18.2 Å². The molecule has 118 valence electrons. The fraction of sp³-hybridized carbons (Fsp3) is 0.333. The van der Waals surface area contributed by atoms with E-state index in [-0.39, 0.29) is 6.04 Å². The fourth-order valence-electron chi connectivity index (χ4n) is 2.80. The molecule has 0 bridgehead atoms. The van der Waals surface area contributed by atoms with Crippen molar-refractivity contribution in [1.82, 2.24) is 9.97 Å². The van der Waals surface area contributed by atoms with Gasteiger partial charge in [0.15, 0.2) is 0 Å². The summed E-state index contributed by atoms with van der Waals surface area (Å²) < 4.78 is 0. The van der Waals surface area contributed by atoms with Crippen LogP contribution in [0.5, 0.6) is 0 Å². The fourth-order valence-corrected chi connectivity index (χ4v) is 2.99. The monoisotopic (exact) mass is 327 g/mol. The lowest BCUT2D eigenvalue weighted by Gasteiger charge is -2.33. The molecule has 4 nitrogen and oxygen atoms in total. The van der Waals surface area contributed by atoms with Gasteiger partial charge in [-0.1, -0.05) is 29.5 Å². The van der Waals surface area contributed by atoms with Crippen molar-refractivity contribution in [3.8, 4) is 11.8 Å². The number of halogens is 1. The highest BCUT2D eigenvalue weighted by Crippen LogP contribution is 2.29. The Morgan fingerprint density at radius 2 is 2.09 bits per heavy atom. The normalized spacial score (nSPS) is 23.7. The molecule has 1 aliphatic rings. The molecule has 2 atom stereocenters. The first-order chi connectivity index (χ1) is 11.1. The summed E-state index contributed by atoms with van der Waals surface area (Å²) in [4.78, 5) is 8.34. The molecule has 2 aromatic rings. The molecule has 5 heteroatoms. The molecule has 0 spiro atoms. The van der Waals surface area contributed by atoms with Crippen LogP contribution in [0.25, 0.3) is 0 Å². The van der Waals surface area contributed by atoms with Crippen LogP contribution in [0.4, 0.5) is 5.95 Å². The minimum Gasteiger partial charge on any atom is -0.378 e. The zero-order chi connectivity index (χ0) is 16.1. The van der Waals surface area contributed by atoms with Gasteiger partial charge in [-0.05, 0) is 43.5 Å². The lowest BCUT2D eigenvalue weighted by molar-refractivity contribution is 0.0560. The van der Waals surface area contributed by atoms with Crippen LogP contribution < -0.4 is 5.32 Å². The van der Waals surface area contributed by atoms with Gasteiger partial charge in [-0.25, -0.2) is 9.97 Å². The molecule has 23 heavy (non-hydrogen) atoms. The van der Waals surface area contributed by atoms with Crippen molar-refractivity contribution in [2.75, 3.05) is 5.32 Å². The molecule has 1 aromatic carbocycles. The van der Waals surface area contributed by atoms with E-state index in [2.05, 4.69) is 27.1 Å². The Balaban J connectivity index is 1.69. The van der Waals surface area contributed by atoms with Gasteiger partial charge in [0.1, 0.15) is 5.60 Å². The molecule has 1 aliphatic carbocycles. The van der Waals surface area contributed by atoms with Gasteiger partial charge in [0, 0.05) is 35.4 Å². The van der Waals surface area contributed by atoms with Crippen molar-refractivity contribution in [2.24, 2.45) is 0 Å². The maximum atomic E-state index is 10.8. The number of hydrogen-bond acceptors (Lipinski definition) is 4. The van der Waals surface area contributed by atoms with Crippen molar-refractivity contribution < 1.29 is 5.11 Å². The first-order valence-corrected chi connectivity index (χ1v) is 8.05. The molecule has 0 amide bonds. The second-order valence-electron chi connectivity index (χ2n) is 5.80. The first-order valence-electron chi connectivity index (χ1n) is 7.68. The lowest BCUT2D eigenvalue weighted by atomic mass is 9.82. The van der Waals surface area contributed by atoms with E-state index < -0.39 is 5.60 Å². The second-order valence-corrected chi connectivity index (χ2v) is 6.24. The van der Waals surface area contributed by atoms with E-state index in [0.29, 0.717) is 23.8 Å². The quantitative estimate of drug-likeness (QED) is 0.831. The van der Waals surface area contributed by atoms with Gasteiger partial charge in [0.25, 0.3) is 0 Å². The van der Waals surface area contributed by atoms with Gasteiger partial charge in [0.2, 0.25) is 5.95 Å². The van der Waals surface area contributed by atoms with Crippen LogP contribution in [0.1, 0.15) is 31.2 Å². The number of anilines is 1. The SMILES string of the molecule is O[C@]1(C#Cc2cccc(Cl)c2)CCC[C@@H](Nc2ncccn2)C1. The van der Waals surface area contributed by atoms with Gasteiger partial charge in [-0.2, -0.15) is 0 Å². The summed E-state index contributed by atoms with van der Waals surface area (Å²) in [5, 5.41) is 14.7. The molecule has 2 N–H and O–H groups in total. The molecular formula is C18H18ClN3O. The van der Waals surface area contributed by atoms with Crippen LogP contribution in [-0.4, -0.2) is 26.7 Å². The molecule has 3 rings (SSSR count). The highest BCUT2D eigenvalue weighted by atomic mass is 35.5. The van der Waals surface area contributed by atoms with E-state index >= 15 is 0 Å². The average molecular weight is 328 g/mol. The van der Waals surface area contributed by atoms with Crippen LogP contribution in [-0.2, 0) is 0 Å². The van der Waals surface area contributed by atoms with E-state index in [9.17, 15) is 5.11 Å². The third-order valence-corrected chi connectivity index (χ3v) is 4.13. The Kier molecular flexibility index (Phi) is 4.80. The maximum absolute atomic E-state index is 10.8. The van der Waals surface area contributed by atoms with E-state index in [1.54, 1.807) is 24.5 Å². The molecular weight excluding hydrogens is 310 g/mol. The number of rotatable bonds is 2. The van der Waals surface area contributed by atoms with Crippen LogP contribution >= 0.6 is 11.6 Å². The Hall–Kier alpha value is -2.09. The molecule has 1 saturated carbocycles. The minimum absolute atomic E-state index is 0.116. The maximum Gasteiger partial charge on any atom is 0.222 e. The minimum atomic E-state index is -0.993. The second kappa shape index (κ2) is 6.99. The van der Waals surface area contributed by atoms with Gasteiger partial charge in [-0.3, -0.25) is 0 Å². The van der Waals surface area contributed by atoms with Gasteiger partial charge in [-0.15, -0.1) is 0 Å². The lowest BCUT2D eigenvalue weighted by Crippen LogP contribution is -2.39. The first kappa shape index (κ1) is 15.8. The summed E-state index contributed by atoms with van der Waals surface area (Å²) in [6.07, 6.45) is 6.50. The third-order valence-electron chi connectivity index (χ3n) is 3.89. The van der Waals surface area contributed by atoms with Gasteiger partial charge < -0.3 is 10.4 Å². The summed E-state index contributed by atoms with van der Waals surface area (Å²) in [7, 11) is 0. The van der Waals surface area contributed by atoms with Crippen LogP contribution in [0.3, 0.4) is 0 Å². The van der Waals surface area contributed by atoms with E-state index in [1.165, 1.54) is 0 Å². The summed E-state index contributed by atoms with van der Waals surface area (Å²) in [5.41, 5.74) is -0.181. The number of aliphatic hydroxyl groups is 1. The zero-order valence-electron chi connectivity index (χ0n) is 12.7. The summed E-state index contributed by atoms with van der Waals surface area (Å²) >= 11 is 5.96. The largest absolute Gasteiger partial charge is 0.378 e. The van der Waals surface area contributed by atoms with Crippen LogP contribution in [0, 0.1) is 11.8 Å². The van der Waals surface area contributed by atoms with Gasteiger partial charge >= 0.3 is 0 Å². The topological polar surface area (TPSA) is 58.0 Å². The predicted octanol–water partition coefficient (Wildman–Crippen LogP) is 3.27. The number of aromatic nitrogens is 2. The number of hydrogen-bond donors (Lipinski definition) is 2. The smallest absolute Gasteiger partial charge is 0.222 e. The Labute approximate surface area is 140 Å². The number of nitrogens with one attached hydrogen (secondary N) is 1. The van der Waals surface area contributed by atoms with Crippen molar-refractivity contribution in [3.63, 3.8) is 0 Å². The Bertz CT molecular complexity index is 726. The molecule has 0 aliphatic heterocycles. The van der Waals surface area contributed by atoms with Crippen LogP contribution in [0.15, 0.2) is 42.7 Å². The molecule has 1 aromatic heterocycles. The van der Waals surface area contributed by atoms with Crippen molar-refractivity contribution in [2.45, 2.75) is 37.3 Å². The zero-order valence-corrected chi connectivity index (χ0v) is 13.4. The third kappa shape index (κ3) is 4.44. The molecule has 0 radical (unpaired) electrons. The van der Waals surface area contributed by atoms with Crippen molar-refractivity contribution >= 4 is 17.5 Å². The van der Waals surface area contributed by atoms with Crippen molar-refractivity contribution in [3.05, 3.63) is 53.3 Å². The summed E-state index contributed by atoms with van der Waals surface area (Å²) in [6, 6.07) is 9.24. The molecule has 0 unspecified atom stereocenters. The highest BCUT2D eigenvalue weighted by Gasteiger charge is 2.33. The van der Waals surface area contributed by atoms with E-state index in [0.717, 1.165) is 18.4 Å². The summed E-state index contributed by atoms with van der Waals surface area (Å²) in [6.45, 7) is 0. The highest BCUT2D eigenvalue weighted by molar-refractivity contribution is 6.30. The Morgan fingerprint density at radius 3 is 2.87 bits per heavy atom. The number of benzene rings is 1. The predicted molar refractivity (Wildman–Crippen MR) is 91.2 cm³/mol. The van der Waals surface area contributed by atoms with Crippen molar-refractivity contribution in [1.29, 1.82) is 0 Å². The standard InChI is InChI=1S/C18H18ClN3O/c19-15-5-1-4-14(12-15)7-9-18(23)8-2-6-16(13-18)22-17-20-10-3-11-21-17/h1,3-5,10-12,16,23H,2,6,8,13H2,(H,20,21,22)/t16-,18+/m1/s1. The summed E-state index contributed by atoms with van der Waals surface area (Å²) in [5.74, 6) is 6.65. The molecule has 1 fully saturated rings. The average Bonchev–Trinajstić information content (AvgIpc) is 2.54. The number of nitrogens with zero attached hydrogens (tertiary/aromatic N) is 2. The van der Waals surface area contributed by atoms with Crippen LogP contribution in [0.2, 0.25) is 5.02 Å².